The Labute approximate surface area is 207 Å². The molecule has 0 aliphatic rings. The molecule has 3 aromatic carbocycles. The van der Waals surface area contributed by atoms with E-state index in [9.17, 15) is 22.2 Å². The zero-order chi connectivity index (χ0) is 24.9. The van der Waals surface area contributed by atoms with Gasteiger partial charge < -0.3 is 4.74 Å². The first-order chi connectivity index (χ1) is 16.0. The first-order valence-electron chi connectivity index (χ1n) is 9.36. The molecule has 34 heavy (non-hydrogen) atoms. The number of sulfone groups is 1. The van der Waals surface area contributed by atoms with Crippen molar-refractivity contribution in [2.75, 3.05) is 12.9 Å². The van der Waals surface area contributed by atoms with Gasteiger partial charge in [0.25, 0.3) is 0 Å². The number of carbonyl (C=O) groups is 2. The van der Waals surface area contributed by atoms with Gasteiger partial charge in [-0.25, -0.2) is 32.0 Å². The summed E-state index contributed by atoms with van der Waals surface area (Å²) < 4.78 is 41.7. The van der Waals surface area contributed by atoms with Crippen molar-refractivity contribution in [3.63, 3.8) is 0 Å². The zero-order valence-corrected chi connectivity index (χ0v) is 20.5. The molecular weight excluding hydrogens is 527 g/mol. The standard InChI is InChI=1S/C22H16Cl2O8S2/c1-34(28,29)18-8-6-17(7-9-18)33(27)20-12-16(24)5-10-19(20)30-13-21(25)31-32-22(26)14-3-2-4-15(23)11-14/h2-12H,13H2,1H3. The van der Waals surface area contributed by atoms with Crippen molar-refractivity contribution >= 4 is 55.8 Å². The van der Waals surface area contributed by atoms with Gasteiger partial charge in [0.05, 0.1) is 26.2 Å². The molecule has 1 unspecified atom stereocenters. The molecule has 0 heterocycles. The lowest BCUT2D eigenvalue weighted by Crippen LogP contribution is -2.18. The lowest BCUT2D eigenvalue weighted by Gasteiger charge is -2.11. The highest BCUT2D eigenvalue weighted by molar-refractivity contribution is 7.90. The summed E-state index contributed by atoms with van der Waals surface area (Å²) in [6.07, 6.45) is 1.06. The number of hydrogen-bond acceptors (Lipinski definition) is 8. The Morgan fingerprint density at radius 3 is 2.24 bits per heavy atom. The van der Waals surface area contributed by atoms with Crippen molar-refractivity contribution in [3.05, 3.63) is 82.3 Å². The Bertz CT molecular complexity index is 1360. The van der Waals surface area contributed by atoms with Gasteiger partial charge in [-0.3, -0.25) is 0 Å². The molecule has 8 nitrogen and oxygen atoms in total. The average Bonchev–Trinajstić information content (AvgIpc) is 2.80. The van der Waals surface area contributed by atoms with E-state index in [-0.39, 0.29) is 31.0 Å². The lowest BCUT2D eigenvalue weighted by molar-refractivity contribution is -0.235. The molecule has 0 aliphatic carbocycles. The summed E-state index contributed by atoms with van der Waals surface area (Å²) in [6.45, 7) is -0.665. The second-order valence-corrected chi connectivity index (χ2v) is 11.1. The number of halogens is 2. The van der Waals surface area contributed by atoms with Gasteiger partial charge in [-0.1, -0.05) is 29.3 Å². The smallest absolute Gasteiger partial charge is 0.392 e. The van der Waals surface area contributed by atoms with Crippen LogP contribution in [0.3, 0.4) is 0 Å². The summed E-state index contributed by atoms with van der Waals surface area (Å²) in [5.74, 6) is -1.89. The number of benzene rings is 3. The summed E-state index contributed by atoms with van der Waals surface area (Å²) in [6, 6.07) is 15.6. The third-order valence-corrected chi connectivity index (χ3v) is 7.21. The normalized spacial score (nSPS) is 12.0. The zero-order valence-electron chi connectivity index (χ0n) is 17.4. The van der Waals surface area contributed by atoms with E-state index < -0.39 is 39.2 Å². The minimum absolute atomic E-state index is 0.0630. The van der Waals surface area contributed by atoms with Crippen molar-refractivity contribution in [1.82, 2.24) is 0 Å². The van der Waals surface area contributed by atoms with Crippen LogP contribution in [-0.2, 0) is 35.2 Å². The number of ether oxygens (including phenoxy) is 1. The molecule has 0 saturated carbocycles. The van der Waals surface area contributed by atoms with E-state index in [2.05, 4.69) is 9.78 Å². The summed E-state index contributed by atoms with van der Waals surface area (Å²) in [4.78, 5) is 33.3. The first kappa shape index (κ1) is 25.7. The maximum atomic E-state index is 13.1. The van der Waals surface area contributed by atoms with E-state index in [1.807, 2.05) is 0 Å². The van der Waals surface area contributed by atoms with Crippen LogP contribution in [0.1, 0.15) is 10.4 Å². The van der Waals surface area contributed by atoms with Gasteiger partial charge in [0.1, 0.15) is 5.75 Å². The molecule has 0 spiro atoms. The van der Waals surface area contributed by atoms with Gasteiger partial charge in [0.15, 0.2) is 16.4 Å². The molecule has 3 aromatic rings. The van der Waals surface area contributed by atoms with Gasteiger partial charge in [0, 0.05) is 21.2 Å². The van der Waals surface area contributed by atoms with E-state index in [1.54, 1.807) is 6.07 Å². The third kappa shape index (κ3) is 6.80. The van der Waals surface area contributed by atoms with Crippen LogP contribution in [0.5, 0.6) is 5.75 Å². The summed E-state index contributed by atoms with van der Waals surface area (Å²) in [7, 11) is -5.22. The first-order valence-corrected chi connectivity index (χ1v) is 13.2. The number of hydrogen-bond donors (Lipinski definition) is 0. The summed E-state index contributed by atoms with van der Waals surface area (Å²) in [5.41, 5.74) is 0.0819. The highest BCUT2D eigenvalue weighted by Gasteiger charge is 2.18. The van der Waals surface area contributed by atoms with Crippen molar-refractivity contribution in [2.45, 2.75) is 14.7 Å². The number of carbonyl (C=O) groups excluding carboxylic acids is 2. The van der Waals surface area contributed by atoms with Crippen molar-refractivity contribution < 1.29 is 36.7 Å². The second kappa shape index (κ2) is 11.0. The molecule has 0 amide bonds. The third-order valence-electron chi connectivity index (χ3n) is 4.19. The van der Waals surface area contributed by atoms with E-state index >= 15 is 0 Å². The SMILES string of the molecule is CS(=O)(=O)c1ccc(S(=O)c2cc(Cl)ccc2OCC(=O)OOC(=O)c2cccc(Cl)c2)cc1. The van der Waals surface area contributed by atoms with Gasteiger partial charge in [0.2, 0.25) is 0 Å². The molecule has 178 valence electrons. The van der Waals surface area contributed by atoms with Crippen LogP contribution in [0.25, 0.3) is 0 Å². The molecule has 0 saturated heterocycles. The fraction of sp³-hybridized carbons (Fsp3) is 0.0909. The predicted octanol–water partition coefficient (Wildman–Crippen LogP) is 4.26. The highest BCUT2D eigenvalue weighted by atomic mass is 35.5. The Hall–Kier alpha value is -2.92. The molecule has 3 rings (SSSR count). The molecule has 0 fully saturated rings. The Morgan fingerprint density at radius 1 is 0.912 bits per heavy atom. The quantitative estimate of drug-likeness (QED) is 0.321. The minimum atomic E-state index is -3.41. The molecule has 0 bridgehead atoms. The van der Waals surface area contributed by atoms with Crippen molar-refractivity contribution in [3.8, 4) is 5.75 Å². The Morgan fingerprint density at radius 2 is 1.59 bits per heavy atom. The molecule has 0 N–H and O–H groups in total. The topological polar surface area (TPSA) is 113 Å². The second-order valence-electron chi connectivity index (χ2n) is 6.73. The van der Waals surface area contributed by atoms with Crippen LogP contribution < -0.4 is 4.74 Å². The minimum Gasteiger partial charge on any atom is -0.480 e. The van der Waals surface area contributed by atoms with Gasteiger partial charge in [-0.15, -0.1) is 0 Å². The van der Waals surface area contributed by atoms with Crippen LogP contribution in [0.15, 0.2) is 81.4 Å². The molecule has 0 radical (unpaired) electrons. The molecule has 12 heteroatoms. The summed E-state index contributed by atoms with van der Waals surface area (Å²) in [5, 5.41) is 0.569. The van der Waals surface area contributed by atoms with Gasteiger partial charge in [-0.2, -0.15) is 0 Å². The van der Waals surface area contributed by atoms with Gasteiger partial charge in [-0.05, 0) is 60.7 Å². The van der Waals surface area contributed by atoms with E-state index in [4.69, 9.17) is 27.9 Å². The van der Waals surface area contributed by atoms with Crippen LogP contribution in [0.2, 0.25) is 10.0 Å². The van der Waals surface area contributed by atoms with Crippen molar-refractivity contribution in [2.24, 2.45) is 0 Å². The van der Waals surface area contributed by atoms with Crippen LogP contribution in [-0.4, -0.2) is 37.4 Å². The Kier molecular flexibility index (Phi) is 8.32. The highest BCUT2D eigenvalue weighted by Crippen LogP contribution is 2.30. The van der Waals surface area contributed by atoms with Crippen molar-refractivity contribution in [1.29, 1.82) is 0 Å². The van der Waals surface area contributed by atoms with Crippen LogP contribution in [0, 0.1) is 0 Å². The fourth-order valence-corrected chi connectivity index (χ4v) is 4.83. The maximum Gasteiger partial charge on any atom is 0.392 e. The van der Waals surface area contributed by atoms with Crippen LogP contribution in [0.4, 0.5) is 0 Å². The van der Waals surface area contributed by atoms with E-state index in [0.717, 1.165) is 6.26 Å². The summed E-state index contributed by atoms with van der Waals surface area (Å²) >= 11 is 11.8. The number of rotatable bonds is 7. The predicted molar refractivity (Wildman–Crippen MR) is 124 cm³/mol. The van der Waals surface area contributed by atoms with E-state index in [1.165, 1.54) is 60.7 Å². The Balaban J connectivity index is 1.67. The van der Waals surface area contributed by atoms with Crippen LogP contribution >= 0.6 is 23.2 Å². The largest absolute Gasteiger partial charge is 0.480 e. The molecule has 0 aromatic heterocycles. The fourth-order valence-electron chi connectivity index (χ4n) is 2.59. The van der Waals surface area contributed by atoms with E-state index in [0.29, 0.717) is 5.02 Å². The average molecular weight is 543 g/mol. The van der Waals surface area contributed by atoms with Gasteiger partial charge >= 0.3 is 11.9 Å². The maximum absolute atomic E-state index is 13.1. The molecular formula is C22H16Cl2O8S2. The lowest BCUT2D eigenvalue weighted by atomic mass is 10.2. The monoisotopic (exact) mass is 542 g/mol. The molecule has 0 aliphatic heterocycles. The molecule has 1 atom stereocenters.